The van der Waals surface area contributed by atoms with Gasteiger partial charge in [-0.3, -0.25) is 32.5 Å². The second kappa shape index (κ2) is 73.7. The van der Waals surface area contributed by atoms with Gasteiger partial charge in [-0.05, 0) is 122 Å². The number of unbranched alkanes of at least 4 members (excludes halogenated alkanes) is 30. The third-order valence-corrected chi connectivity index (χ3v) is 18.1. The molecule has 570 valence electrons. The van der Waals surface area contributed by atoms with Crippen LogP contribution < -0.4 is 0 Å². The fourth-order valence-corrected chi connectivity index (χ4v) is 11.9. The van der Waals surface area contributed by atoms with Crippen LogP contribution in [-0.4, -0.2) is 95.9 Å². The van der Waals surface area contributed by atoms with Crippen molar-refractivity contribution in [1.29, 1.82) is 0 Å². The number of allylic oxidation sites excluding steroid dienone is 20. The molecule has 99 heavy (non-hydrogen) atoms. The number of rotatable bonds is 73. The van der Waals surface area contributed by atoms with Gasteiger partial charge in [-0.15, -0.1) is 0 Å². The molecule has 0 aliphatic rings. The van der Waals surface area contributed by atoms with Gasteiger partial charge in [-0.25, -0.2) is 9.13 Å². The normalized spacial score (nSPS) is 14.7. The van der Waals surface area contributed by atoms with Gasteiger partial charge in [0.2, 0.25) is 0 Å². The van der Waals surface area contributed by atoms with Crippen LogP contribution in [0.25, 0.3) is 0 Å². The molecule has 0 bridgehead atoms. The Balaban J connectivity index is 4.36. The fourth-order valence-electron chi connectivity index (χ4n) is 10.3. The Morgan fingerprint density at radius 2 is 0.535 bits per heavy atom. The number of aliphatic hydroxyl groups is 2. The maximum Gasteiger partial charge on any atom is 0.472 e. The van der Waals surface area contributed by atoms with Gasteiger partial charge in [-0.2, -0.15) is 0 Å². The van der Waals surface area contributed by atoms with E-state index in [1.54, 1.807) is 0 Å². The number of esters is 3. The smallest absolute Gasteiger partial charge is 0.463 e. The first kappa shape index (κ1) is 94.9. The van der Waals surface area contributed by atoms with Crippen LogP contribution in [0.15, 0.2) is 122 Å². The van der Waals surface area contributed by atoms with Crippen molar-refractivity contribution in [3.63, 3.8) is 0 Å². The molecule has 0 fully saturated rings. The van der Waals surface area contributed by atoms with Gasteiger partial charge in [0.25, 0.3) is 0 Å². The summed E-state index contributed by atoms with van der Waals surface area (Å²) in [4.78, 5) is 58.5. The Hall–Kier alpha value is -4.05. The molecule has 0 aromatic rings. The van der Waals surface area contributed by atoms with E-state index in [4.69, 9.17) is 32.3 Å². The lowest BCUT2D eigenvalue weighted by atomic mass is 10.0. The average Bonchev–Trinajstić information content (AvgIpc) is 1.28. The predicted molar refractivity (Wildman–Crippen MR) is 408 cm³/mol. The molecule has 0 saturated carbocycles. The van der Waals surface area contributed by atoms with Crippen LogP contribution in [0.3, 0.4) is 0 Å². The Bertz CT molecular complexity index is 2290. The minimum atomic E-state index is -4.93. The molecule has 0 radical (unpaired) electrons. The molecule has 18 heteroatoms. The minimum Gasteiger partial charge on any atom is -0.463 e. The standard InChI is InChI=1S/C81H140O16P2/c1-4-7-10-13-16-19-22-24-26-28-30-31-32-33-34-35-36-37-38-39-40-41-42-43-45-47-48-50-53-55-58-61-64-67-79(84)91-70-76(82)71-93-98(87,88)94-72-77(83)73-95-99(89,90)96-75-78(97-81(86)69-66-63-60-57-52-21-18-15-12-9-6-3)74-92-80(85)68-65-62-59-56-54-51-49-46-44-29-27-25-23-20-17-14-11-8-5-2/h7-8,10-11,15-20,24-27,30-31,33-34,44,46,76-78,82-83H,4-6,9,12-14,21-23,28-29,32,35-43,45,47-75H2,1-3H3,(H,87,88)(H,89,90)/b10-7-,11-8-,18-15-,19-16-,20-17-,26-24-,27-25-,31-30-,34-33-,46-44-. The Morgan fingerprint density at radius 1 is 0.293 bits per heavy atom. The monoisotopic (exact) mass is 1430 g/mol. The van der Waals surface area contributed by atoms with Gasteiger partial charge in [0, 0.05) is 19.3 Å². The summed E-state index contributed by atoms with van der Waals surface area (Å²) in [5, 5.41) is 20.6. The lowest BCUT2D eigenvalue weighted by Gasteiger charge is -2.21. The van der Waals surface area contributed by atoms with Crippen molar-refractivity contribution in [2.24, 2.45) is 0 Å². The molecule has 0 aliphatic carbocycles. The van der Waals surface area contributed by atoms with Gasteiger partial charge in [0.15, 0.2) is 6.10 Å². The van der Waals surface area contributed by atoms with Crippen molar-refractivity contribution >= 4 is 33.6 Å². The average molecular weight is 1430 g/mol. The van der Waals surface area contributed by atoms with Gasteiger partial charge in [0.05, 0.1) is 26.4 Å². The quantitative estimate of drug-likeness (QED) is 0.0146. The van der Waals surface area contributed by atoms with E-state index in [1.165, 1.54) is 103 Å². The van der Waals surface area contributed by atoms with E-state index in [-0.39, 0.29) is 19.3 Å². The summed E-state index contributed by atoms with van der Waals surface area (Å²) < 4.78 is 61.0. The second-order valence-electron chi connectivity index (χ2n) is 25.7. The summed E-state index contributed by atoms with van der Waals surface area (Å²) >= 11 is 0. The second-order valence-corrected chi connectivity index (χ2v) is 28.7. The maximum absolute atomic E-state index is 12.9. The van der Waals surface area contributed by atoms with E-state index in [2.05, 4.69) is 142 Å². The molecule has 0 aliphatic heterocycles. The van der Waals surface area contributed by atoms with E-state index >= 15 is 0 Å². The zero-order valence-electron chi connectivity index (χ0n) is 62.1. The topological polar surface area (TPSA) is 231 Å². The molecule has 4 N–H and O–H groups in total. The molecule has 0 spiro atoms. The number of carbonyl (C=O) groups is 3. The van der Waals surface area contributed by atoms with Crippen LogP contribution in [0.4, 0.5) is 0 Å². The molecule has 0 saturated heterocycles. The summed E-state index contributed by atoms with van der Waals surface area (Å²) in [5.74, 6) is -1.60. The van der Waals surface area contributed by atoms with Gasteiger partial charge < -0.3 is 34.2 Å². The Morgan fingerprint density at radius 3 is 0.859 bits per heavy atom. The molecule has 5 unspecified atom stereocenters. The molecule has 16 nitrogen and oxygen atoms in total. The zero-order chi connectivity index (χ0) is 72.3. The molecule has 0 amide bonds. The first-order valence-electron chi connectivity index (χ1n) is 38.8. The van der Waals surface area contributed by atoms with Crippen LogP contribution in [-0.2, 0) is 55.8 Å². The fraction of sp³-hybridized carbons (Fsp3) is 0.716. The van der Waals surface area contributed by atoms with Crippen molar-refractivity contribution < 1.29 is 75.8 Å². The summed E-state index contributed by atoms with van der Waals surface area (Å²) in [6, 6.07) is 0. The largest absolute Gasteiger partial charge is 0.472 e. The van der Waals surface area contributed by atoms with Gasteiger partial charge >= 0.3 is 33.6 Å². The molecule has 0 aromatic heterocycles. The van der Waals surface area contributed by atoms with Crippen LogP contribution in [0.5, 0.6) is 0 Å². The van der Waals surface area contributed by atoms with Crippen LogP contribution >= 0.6 is 15.6 Å². The van der Waals surface area contributed by atoms with Crippen LogP contribution in [0.2, 0.25) is 0 Å². The minimum absolute atomic E-state index is 0.0897. The number of carbonyl (C=O) groups excluding carboxylic acids is 3. The number of hydrogen-bond acceptors (Lipinski definition) is 14. The molecular formula is C81H140O16P2. The zero-order valence-corrected chi connectivity index (χ0v) is 63.9. The first-order valence-corrected chi connectivity index (χ1v) is 41.8. The van der Waals surface area contributed by atoms with Crippen molar-refractivity contribution in [1.82, 2.24) is 0 Å². The first-order chi connectivity index (χ1) is 48.2. The molecular weight excluding hydrogens is 1290 g/mol. The highest BCUT2D eigenvalue weighted by Crippen LogP contribution is 2.45. The Labute approximate surface area is 602 Å². The lowest BCUT2D eigenvalue weighted by Crippen LogP contribution is -2.30. The number of ether oxygens (including phenoxy) is 3. The summed E-state index contributed by atoms with van der Waals surface area (Å²) in [6.45, 7) is 2.39. The Kier molecular flexibility index (Phi) is 70.7. The predicted octanol–water partition coefficient (Wildman–Crippen LogP) is 22.5. The van der Waals surface area contributed by atoms with Gasteiger partial charge in [0.1, 0.15) is 25.4 Å². The third-order valence-electron chi connectivity index (χ3n) is 16.2. The van der Waals surface area contributed by atoms with Crippen molar-refractivity contribution in [3.05, 3.63) is 122 Å². The highest BCUT2D eigenvalue weighted by atomic mass is 31.2. The number of hydrogen-bond donors (Lipinski definition) is 4. The highest BCUT2D eigenvalue weighted by Gasteiger charge is 2.29. The van der Waals surface area contributed by atoms with E-state index in [0.29, 0.717) is 19.3 Å². The SMILES string of the molecule is CC/C=C\C/C=C\C/C=C\C/C=C\C/C=C\CCCCCCCCCCCCCCCCCCCC(=O)OCC(O)COP(=O)(O)OCC(O)COP(=O)(O)OCC(COC(=O)CCCCCCCC/C=C\C/C=C\C/C=C\C/C=C\CC)OC(=O)CCCCCCC/C=C\CCCC. The molecule has 0 rings (SSSR count). The van der Waals surface area contributed by atoms with Crippen molar-refractivity contribution in [3.8, 4) is 0 Å². The van der Waals surface area contributed by atoms with Crippen LogP contribution in [0, 0.1) is 0 Å². The number of phosphoric ester groups is 2. The molecule has 5 atom stereocenters. The van der Waals surface area contributed by atoms with Crippen molar-refractivity contribution in [2.75, 3.05) is 39.6 Å². The number of phosphoric acid groups is 2. The summed E-state index contributed by atoms with van der Waals surface area (Å²) in [5.41, 5.74) is 0. The van der Waals surface area contributed by atoms with Crippen molar-refractivity contribution in [2.45, 2.75) is 334 Å². The van der Waals surface area contributed by atoms with Crippen LogP contribution in [0.1, 0.15) is 316 Å². The molecule has 0 aromatic carbocycles. The highest BCUT2D eigenvalue weighted by molar-refractivity contribution is 7.47. The summed E-state index contributed by atoms with van der Waals surface area (Å²) in [7, 11) is -9.78. The van der Waals surface area contributed by atoms with E-state index in [0.717, 1.165) is 154 Å². The third kappa shape index (κ3) is 74.9. The van der Waals surface area contributed by atoms with E-state index in [1.807, 2.05) is 0 Å². The van der Waals surface area contributed by atoms with E-state index in [9.17, 15) is 43.5 Å². The lowest BCUT2D eigenvalue weighted by molar-refractivity contribution is -0.161. The van der Waals surface area contributed by atoms with E-state index < -0.39 is 91.5 Å². The molecule has 0 heterocycles. The number of aliphatic hydroxyl groups excluding tert-OH is 2. The maximum atomic E-state index is 12.9. The van der Waals surface area contributed by atoms with Gasteiger partial charge in [-0.1, -0.05) is 296 Å². The summed E-state index contributed by atoms with van der Waals surface area (Å²) in [6.07, 6.45) is 87.1.